The highest BCUT2D eigenvalue weighted by atomic mass is 35.5. The first kappa shape index (κ1) is 23.1. The fraction of sp³-hybridized carbons (Fsp3) is 0.250. The van der Waals surface area contributed by atoms with Crippen LogP contribution in [0.4, 0.5) is 4.79 Å². The van der Waals surface area contributed by atoms with Crippen LogP contribution in [-0.4, -0.2) is 38.1 Å². The lowest BCUT2D eigenvalue weighted by Crippen LogP contribution is -2.42. The molecule has 1 N–H and O–H groups in total. The summed E-state index contributed by atoms with van der Waals surface area (Å²) >= 11 is 13.4. The number of hydrogen-bond donors (Lipinski definition) is 1. The van der Waals surface area contributed by atoms with E-state index in [0.29, 0.717) is 26.5 Å². The second-order valence-corrected chi connectivity index (χ2v) is 8.20. The highest BCUT2D eigenvalue weighted by Gasteiger charge is 2.22. The summed E-state index contributed by atoms with van der Waals surface area (Å²) in [6.07, 6.45) is -0.273. The molecule has 0 aliphatic carbocycles. The monoisotopic (exact) mass is 479 g/mol. The van der Waals surface area contributed by atoms with Gasteiger partial charge in [0.15, 0.2) is 5.78 Å². The van der Waals surface area contributed by atoms with Gasteiger partial charge in [0.1, 0.15) is 13.2 Å². The van der Waals surface area contributed by atoms with Crippen molar-refractivity contribution >= 4 is 46.8 Å². The molecule has 0 fully saturated rings. The van der Waals surface area contributed by atoms with Crippen molar-refractivity contribution in [2.75, 3.05) is 0 Å². The third-order valence-corrected chi connectivity index (χ3v) is 6.19. The van der Waals surface area contributed by atoms with Crippen LogP contribution >= 0.6 is 35.0 Å². The fourth-order valence-corrected chi connectivity index (χ4v) is 3.90. The van der Waals surface area contributed by atoms with E-state index >= 15 is 0 Å². The van der Waals surface area contributed by atoms with E-state index in [1.807, 2.05) is 30.3 Å². The number of halogens is 2. The number of tetrazole rings is 1. The zero-order valence-corrected chi connectivity index (χ0v) is 18.8. The summed E-state index contributed by atoms with van der Waals surface area (Å²) in [7, 11) is 0. The molecule has 31 heavy (non-hydrogen) atoms. The predicted molar refractivity (Wildman–Crippen MR) is 117 cm³/mol. The van der Waals surface area contributed by atoms with Crippen molar-refractivity contribution in [1.29, 1.82) is 0 Å². The highest BCUT2D eigenvalue weighted by Crippen LogP contribution is 2.35. The van der Waals surface area contributed by atoms with Crippen LogP contribution in [0.5, 0.6) is 0 Å². The fourth-order valence-electron chi connectivity index (χ4n) is 2.61. The number of carbonyl (C=O) groups excluding carboxylic acids is 2. The van der Waals surface area contributed by atoms with Gasteiger partial charge in [-0.15, -0.1) is 5.10 Å². The van der Waals surface area contributed by atoms with E-state index in [1.165, 1.54) is 16.4 Å². The van der Waals surface area contributed by atoms with Gasteiger partial charge >= 0.3 is 6.09 Å². The van der Waals surface area contributed by atoms with Crippen molar-refractivity contribution < 1.29 is 14.3 Å². The zero-order chi connectivity index (χ0) is 22.2. The Hall–Kier alpha value is -2.62. The zero-order valence-electron chi connectivity index (χ0n) is 16.5. The highest BCUT2D eigenvalue weighted by molar-refractivity contribution is 7.99. The number of rotatable bonds is 9. The Morgan fingerprint density at radius 1 is 1.16 bits per heavy atom. The second kappa shape index (κ2) is 11.1. The maximum absolute atomic E-state index is 12.7. The largest absolute Gasteiger partial charge is 0.445 e. The minimum atomic E-state index is -0.736. The maximum atomic E-state index is 12.7. The number of Topliss-reactive ketones (excluding diaryl/α,β-unsaturated/α-hetero) is 1. The van der Waals surface area contributed by atoms with Gasteiger partial charge in [-0.1, -0.05) is 66.5 Å². The molecule has 2 aromatic carbocycles. The van der Waals surface area contributed by atoms with Gasteiger partial charge in [-0.05, 0) is 46.3 Å². The molecule has 8 nitrogen and oxygen atoms in total. The molecule has 3 rings (SSSR count). The number of carbonyl (C=O) groups is 2. The molecule has 1 heterocycles. The van der Waals surface area contributed by atoms with Crippen LogP contribution < -0.4 is 5.32 Å². The molecule has 3 aromatic rings. The number of nitrogens with zero attached hydrogens (tertiary/aromatic N) is 4. The van der Waals surface area contributed by atoms with Crippen molar-refractivity contribution in [3.63, 3.8) is 0 Å². The van der Waals surface area contributed by atoms with E-state index in [2.05, 4.69) is 20.8 Å². The van der Waals surface area contributed by atoms with Crippen molar-refractivity contribution in [2.24, 2.45) is 0 Å². The van der Waals surface area contributed by atoms with E-state index in [0.717, 1.165) is 5.56 Å². The van der Waals surface area contributed by atoms with Crippen LogP contribution in [-0.2, 0) is 22.7 Å². The van der Waals surface area contributed by atoms with Gasteiger partial charge in [-0.2, -0.15) is 0 Å². The lowest BCUT2D eigenvalue weighted by molar-refractivity contribution is -0.122. The van der Waals surface area contributed by atoms with E-state index in [4.69, 9.17) is 27.9 Å². The van der Waals surface area contributed by atoms with Gasteiger partial charge in [0, 0.05) is 4.90 Å². The average molecular weight is 480 g/mol. The minimum absolute atomic E-state index is 0.117. The summed E-state index contributed by atoms with van der Waals surface area (Å²) in [4.78, 5) is 25.5. The SMILES string of the molecule is CCC(NC(=O)OCc1ccccc1)C(=O)Cn1nnnc1Sc1cccc(Cl)c1Cl. The van der Waals surface area contributed by atoms with Crippen LogP contribution in [0.25, 0.3) is 0 Å². The molecule has 1 unspecified atom stereocenters. The second-order valence-electron chi connectivity index (χ2n) is 6.41. The summed E-state index contributed by atoms with van der Waals surface area (Å²) in [5.41, 5.74) is 0.854. The van der Waals surface area contributed by atoms with Gasteiger partial charge in [0.2, 0.25) is 5.16 Å². The lowest BCUT2D eigenvalue weighted by Gasteiger charge is -2.16. The molecule has 0 aliphatic rings. The van der Waals surface area contributed by atoms with E-state index in [9.17, 15) is 9.59 Å². The molecular weight excluding hydrogens is 461 g/mol. The van der Waals surface area contributed by atoms with Gasteiger partial charge in [-0.25, -0.2) is 9.48 Å². The summed E-state index contributed by atoms with van der Waals surface area (Å²) in [6, 6.07) is 13.8. The summed E-state index contributed by atoms with van der Waals surface area (Å²) in [5, 5.41) is 15.2. The van der Waals surface area contributed by atoms with Crippen LogP contribution in [0, 0.1) is 0 Å². The van der Waals surface area contributed by atoms with Crippen LogP contribution in [0.2, 0.25) is 10.0 Å². The first-order chi connectivity index (χ1) is 15.0. The number of hydrogen-bond acceptors (Lipinski definition) is 7. The Balaban J connectivity index is 1.59. The number of aromatic nitrogens is 4. The minimum Gasteiger partial charge on any atom is -0.445 e. The van der Waals surface area contributed by atoms with Crippen LogP contribution in [0.1, 0.15) is 18.9 Å². The van der Waals surface area contributed by atoms with Crippen molar-refractivity contribution in [2.45, 2.75) is 42.6 Å². The molecular formula is C20H19Cl2N5O3S. The van der Waals surface area contributed by atoms with E-state index < -0.39 is 12.1 Å². The van der Waals surface area contributed by atoms with Crippen LogP contribution in [0.3, 0.4) is 0 Å². The standard InChI is InChI=1S/C20H19Cl2N5O3S/c1-2-15(23-20(29)30-12-13-7-4-3-5-8-13)16(28)11-27-19(24-25-26-27)31-17-10-6-9-14(21)18(17)22/h3-10,15H,2,11-12H2,1H3,(H,23,29). The van der Waals surface area contributed by atoms with Gasteiger partial charge in [0.25, 0.3) is 0 Å². The third-order valence-electron chi connectivity index (χ3n) is 4.22. The number of amides is 1. The summed E-state index contributed by atoms with van der Waals surface area (Å²) < 4.78 is 6.54. The first-order valence-electron chi connectivity index (χ1n) is 9.36. The summed E-state index contributed by atoms with van der Waals surface area (Å²) in [5.74, 6) is -0.259. The summed E-state index contributed by atoms with van der Waals surface area (Å²) in [6.45, 7) is 1.79. The smallest absolute Gasteiger partial charge is 0.408 e. The average Bonchev–Trinajstić information content (AvgIpc) is 3.20. The molecule has 11 heteroatoms. The van der Waals surface area contributed by atoms with E-state index in [-0.39, 0.29) is 18.9 Å². The normalized spacial score (nSPS) is 11.7. The molecule has 1 amide bonds. The van der Waals surface area contributed by atoms with E-state index in [1.54, 1.807) is 25.1 Å². The molecule has 0 saturated carbocycles. The first-order valence-corrected chi connectivity index (χ1v) is 10.9. The molecule has 1 atom stereocenters. The quantitative estimate of drug-likeness (QED) is 0.485. The van der Waals surface area contributed by atoms with Gasteiger partial charge in [-0.3, -0.25) is 4.79 Å². The van der Waals surface area contributed by atoms with Crippen molar-refractivity contribution in [3.8, 4) is 0 Å². The number of ether oxygens (including phenoxy) is 1. The Labute approximate surface area is 193 Å². The van der Waals surface area contributed by atoms with Crippen LogP contribution in [0.15, 0.2) is 58.6 Å². The predicted octanol–water partition coefficient (Wildman–Crippen LogP) is 4.41. The number of benzene rings is 2. The Kier molecular flexibility index (Phi) is 8.27. The lowest BCUT2D eigenvalue weighted by atomic mass is 10.1. The molecule has 0 radical (unpaired) electrons. The third kappa shape index (κ3) is 6.43. The van der Waals surface area contributed by atoms with Gasteiger partial charge in [0.05, 0.1) is 16.1 Å². The molecule has 0 aliphatic heterocycles. The molecule has 0 spiro atoms. The Morgan fingerprint density at radius 3 is 2.68 bits per heavy atom. The van der Waals surface area contributed by atoms with Crippen molar-refractivity contribution in [1.82, 2.24) is 25.5 Å². The maximum Gasteiger partial charge on any atom is 0.408 e. The number of ketones is 1. The molecule has 0 saturated heterocycles. The number of nitrogens with one attached hydrogen (secondary N) is 1. The van der Waals surface area contributed by atoms with Gasteiger partial charge < -0.3 is 10.1 Å². The molecule has 0 bridgehead atoms. The molecule has 162 valence electrons. The Bertz CT molecular complexity index is 1050. The number of alkyl carbamates (subject to hydrolysis) is 1. The topological polar surface area (TPSA) is 99.0 Å². The molecule has 1 aromatic heterocycles. The van der Waals surface area contributed by atoms with Crippen molar-refractivity contribution in [3.05, 3.63) is 64.1 Å². The Morgan fingerprint density at radius 2 is 1.94 bits per heavy atom.